The first-order valence-corrected chi connectivity index (χ1v) is 6.67. The number of hydrogen-bond donors (Lipinski definition) is 1. The Morgan fingerprint density at radius 3 is 2.45 bits per heavy atom. The van der Waals surface area contributed by atoms with Gasteiger partial charge in [0, 0.05) is 35.5 Å². The summed E-state index contributed by atoms with van der Waals surface area (Å²) in [5.41, 5.74) is 2.16. The highest BCUT2D eigenvalue weighted by atomic mass is 16.6. The maximum absolute atomic E-state index is 11.2. The van der Waals surface area contributed by atoms with Crippen molar-refractivity contribution in [1.29, 1.82) is 0 Å². The van der Waals surface area contributed by atoms with E-state index < -0.39 is 4.92 Å². The van der Waals surface area contributed by atoms with Gasteiger partial charge < -0.3 is 10.1 Å². The van der Waals surface area contributed by atoms with Crippen LogP contribution in [0.1, 0.15) is 22.8 Å². The monoisotopic (exact) mass is 300 g/mol. The van der Waals surface area contributed by atoms with Gasteiger partial charge in [-0.25, -0.2) is 0 Å². The first kappa shape index (κ1) is 15.5. The zero-order valence-corrected chi connectivity index (χ0v) is 12.3. The summed E-state index contributed by atoms with van der Waals surface area (Å²) in [5, 5.41) is 14.0. The molecule has 0 unspecified atom stereocenters. The molecule has 114 valence electrons. The minimum Gasteiger partial charge on any atom is -0.496 e. The van der Waals surface area contributed by atoms with Gasteiger partial charge in [0.05, 0.1) is 12.0 Å². The van der Waals surface area contributed by atoms with E-state index in [1.807, 2.05) is 0 Å². The highest BCUT2D eigenvalue weighted by Gasteiger charge is 2.11. The molecule has 2 aromatic rings. The zero-order chi connectivity index (χ0) is 16.1. The molecule has 0 heterocycles. The van der Waals surface area contributed by atoms with Gasteiger partial charge in [0.2, 0.25) is 0 Å². The summed E-state index contributed by atoms with van der Waals surface area (Å²) in [6.45, 7) is 1.89. The lowest BCUT2D eigenvalue weighted by Gasteiger charge is -2.11. The third kappa shape index (κ3) is 3.60. The van der Waals surface area contributed by atoms with Gasteiger partial charge in [-0.3, -0.25) is 14.9 Å². The quantitative estimate of drug-likeness (QED) is 0.502. The molecule has 6 nitrogen and oxygen atoms in total. The minimum absolute atomic E-state index is 0.00639. The van der Waals surface area contributed by atoms with E-state index in [2.05, 4.69) is 5.32 Å². The number of carbonyl (C=O) groups excluding carboxylic acids is 1. The van der Waals surface area contributed by atoms with Crippen molar-refractivity contribution < 1.29 is 14.5 Å². The first-order chi connectivity index (χ1) is 10.5. The number of nitro groups is 1. The van der Waals surface area contributed by atoms with Crippen LogP contribution in [0.15, 0.2) is 42.5 Å². The van der Waals surface area contributed by atoms with Gasteiger partial charge in [-0.2, -0.15) is 0 Å². The minimum atomic E-state index is -0.440. The standard InChI is InChI=1S/C16H16N2O4/c1-11(19)12-3-5-14(6-4-12)17-10-13-9-15(18(20)21)7-8-16(13)22-2/h3-9,17H,10H2,1-2H3. The number of ether oxygens (including phenoxy) is 1. The fourth-order valence-electron chi connectivity index (χ4n) is 2.04. The van der Waals surface area contributed by atoms with Gasteiger partial charge in [0.1, 0.15) is 5.75 Å². The second-order valence-corrected chi connectivity index (χ2v) is 4.74. The van der Waals surface area contributed by atoms with E-state index >= 15 is 0 Å². The molecule has 2 rings (SSSR count). The molecule has 22 heavy (non-hydrogen) atoms. The predicted octanol–water partition coefficient (Wildman–Crippen LogP) is 3.42. The van der Waals surface area contributed by atoms with E-state index in [-0.39, 0.29) is 11.5 Å². The lowest BCUT2D eigenvalue weighted by Crippen LogP contribution is -2.03. The summed E-state index contributed by atoms with van der Waals surface area (Å²) in [4.78, 5) is 21.6. The largest absolute Gasteiger partial charge is 0.496 e. The predicted molar refractivity (Wildman–Crippen MR) is 83.4 cm³/mol. The van der Waals surface area contributed by atoms with Crippen molar-refractivity contribution in [3.63, 3.8) is 0 Å². The van der Waals surface area contributed by atoms with Crippen LogP contribution in [0.4, 0.5) is 11.4 Å². The maximum atomic E-state index is 11.2. The number of nitrogens with zero attached hydrogens (tertiary/aromatic N) is 1. The van der Waals surface area contributed by atoms with Crippen molar-refractivity contribution in [3.05, 3.63) is 63.7 Å². The third-order valence-corrected chi connectivity index (χ3v) is 3.25. The fourth-order valence-corrected chi connectivity index (χ4v) is 2.04. The highest BCUT2D eigenvalue weighted by molar-refractivity contribution is 5.94. The first-order valence-electron chi connectivity index (χ1n) is 6.67. The lowest BCUT2D eigenvalue weighted by atomic mass is 10.1. The average molecular weight is 300 g/mol. The van der Waals surface area contributed by atoms with Crippen molar-refractivity contribution in [2.24, 2.45) is 0 Å². The topological polar surface area (TPSA) is 81.5 Å². The van der Waals surface area contributed by atoms with Gasteiger partial charge in [0.25, 0.3) is 5.69 Å². The Kier molecular flexibility index (Phi) is 4.73. The molecule has 0 fully saturated rings. The number of nitrogens with one attached hydrogen (secondary N) is 1. The number of anilines is 1. The molecule has 0 amide bonds. The second kappa shape index (κ2) is 6.71. The van der Waals surface area contributed by atoms with Gasteiger partial charge in [0.15, 0.2) is 5.78 Å². The summed E-state index contributed by atoms with van der Waals surface area (Å²) < 4.78 is 5.21. The second-order valence-electron chi connectivity index (χ2n) is 4.74. The molecule has 0 saturated heterocycles. The smallest absolute Gasteiger partial charge is 0.270 e. The number of non-ortho nitro benzene ring substituents is 1. The summed E-state index contributed by atoms with van der Waals surface area (Å²) in [6.07, 6.45) is 0. The Labute approximate surface area is 127 Å². The molecule has 6 heteroatoms. The Morgan fingerprint density at radius 2 is 1.91 bits per heavy atom. The van der Waals surface area contributed by atoms with Gasteiger partial charge in [-0.05, 0) is 37.3 Å². The number of Topliss-reactive ketones (excluding diaryl/α,β-unsaturated/α-hetero) is 1. The van der Waals surface area contributed by atoms with Crippen LogP contribution in [-0.2, 0) is 6.54 Å². The third-order valence-electron chi connectivity index (χ3n) is 3.25. The highest BCUT2D eigenvalue weighted by Crippen LogP contribution is 2.25. The Bertz CT molecular complexity index is 696. The molecule has 0 saturated carbocycles. The van der Waals surface area contributed by atoms with E-state index in [1.165, 1.54) is 26.2 Å². The van der Waals surface area contributed by atoms with Crippen molar-refractivity contribution in [2.45, 2.75) is 13.5 Å². The molecule has 0 spiro atoms. The van der Waals surface area contributed by atoms with Crippen LogP contribution in [0, 0.1) is 10.1 Å². The molecule has 0 bridgehead atoms. The van der Waals surface area contributed by atoms with Crippen molar-refractivity contribution >= 4 is 17.2 Å². The number of nitro benzene ring substituents is 1. The molecule has 0 atom stereocenters. The summed E-state index contributed by atoms with van der Waals surface area (Å²) in [5.74, 6) is 0.588. The molecular formula is C16H16N2O4. The summed E-state index contributed by atoms with van der Waals surface area (Å²) in [6, 6.07) is 11.5. The van der Waals surface area contributed by atoms with Gasteiger partial charge in [-0.1, -0.05) is 0 Å². The number of benzene rings is 2. The van der Waals surface area contributed by atoms with Gasteiger partial charge >= 0.3 is 0 Å². The van der Waals surface area contributed by atoms with Crippen LogP contribution < -0.4 is 10.1 Å². The van der Waals surface area contributed by atoms with Crippen LogP contribution in [0.2, 0.25) is 0 Å². The lowest BCUT2D eigenvalue weighted by molar-refractivity contribution is -0.384. The molecule has 0 aliphatic heterocycles. The number of ketones is 1. The fraction of sp³-hybridized carbons (Fsp3) is 0.188. The van der Waals surface area contributed by atoms with Crippen LogP contribution >= 0.6 is 0 Å². The van der Waals surface area contributed by atoms with E-state index in [0.29, 0.717) is 23.4 Å². The Hall–Kier alpha value is -2.89. The maximum Gasteiger partial charge on any atom is 0.270 e. The summed E-state index contributed by atoms with van der Waals surface area (Å²) in [7, 11) is 1.52. The van der Waals surface area contributed by atoms with E-state index in [4.69, 9.17) is 4.74 Å². The van der Waals surface area contributed by atoms with Crippen LogP contribution in [0.25, 0.3) is 0 Å². The van der Waals surface area contributed by atoms with E-state index in [9.17, 15) is 14.9 Å². The molecule has 0 aliphatic rings. The number of rotatable bonds is 6. The Balaban J connectivity index is 2.14. The average Bonchev–Trinajstić information content (AvgIpc) is 2.52. The Morgan fingerprint density at radius 1 is 1.23 bits per heavy atom. The van der Waals surface area contributed by atoms with E-state index in [1.54, 1.807) is 30.3 Å². The molecule has 0 aliphatic carbocycles. The number of methoxy groups -OCH3 is 1. The number of hydrogen-bond acceptors (Lipinski definition) is 5. The van der Waals surface area contributed by atoms with Crippen LogP contribution in [0.3, 0.4) is 0 Å². The zero-order valence-electron chi connectivity index (χ0n) is 12.3. The van der Waals surface area contributed by atoms with Crippen molar-refractivity contribution in [2.75, 3.05) is 12.4 Å². The van der Waals surface area contributed by atoms with Crippen LogP contribution in [-0.4, -0.2) is 17.8 Å². The SMILES string of the molecule is COc1ccc([N+](=O)[O-])cc1CNc1ccc(C(C)=O)cc1. The van der Waals surface area contributed by atoms with Gasteiger partial charge in [-0.15, -0.1) is 0 Å². The van der Waals surface area contributed by atoms with Crippen LogP contribution in [0.5, 0.6) is 5.75 Å². The summed E-state index contributed by atoms with van der Waals surface area (Å²) >= 11 is 0. The van der Waals surface area contributed by atoms with E-state index in [0.717, 1.165) is 5.69 Å². The molecule has 0 radical (unpaired) electrons. The molecular weight excluding hydrogens is 284 g/mol. The normalized spacial score (nSPS) is 10.1. The van der Waals surface area contributed by atoms with Crippen molar-refractivity contribution in [1.82, 2.24) is 0 Å². The molecule has 2 aromatic carbocycles. The van der Waals surface area contributed by atoms with Crippen molar-refractivity contribution in [3.8, 4) is 5.75 Å². The molecule has 0 aromatic heterocycles. The molecule has 1 N–H and O–H groups in total. The number of carbonyl (C=O) groups is 1.